The van der Waals surface area contributed by atoms with Crippen molar-refractivity contribution in [3.8, 4) is 0 Å². The Labute approximate surface area is 223 Å². The third kappa shape index (κ3) is 6.57. The van der Waals surface area contributed by atoms with E-state index in [1.165, 1.54) is 11.8 Å². The van der Waals surface area contributed by atoms with Crippen LogP contribution < -0.4 is 5.32 Å². The van der Waals surface area contributed by atoms with Crippen LogP contribution in [0.25, 0.3) is 0 Å². The number of ether oxygens (including phenoxy) is 1. The quantitative estimate of drug-likeness (QED) is 0.252. The number of aromatic nitrogens is 9. The van der Waals surface area contributed by atoms with Gasteiger partial charge in [-0.1, -0.05) is 64.2 Å². The number of esters is 1. The summed E-state index contributed by atoms with van der Waals surface area (Å²) in [6.45, 7) is 0.554. The minimum atomic E-state index is -0.416. The smallest absolute Gasteiger partial charge is 0.327 e. The van der Waals surface area contributed by atoms with Crippen molar-refractivity contribution < 1.29 is 14.3 Å². The second-order valence-electron chi connectivity index (χ2n) is 8.77. The minimum Gasteiger partial charge on any atom is -0.468 e. The van der Waals surface area contributed by atoms with Gasteiger partial charge < -0.3 is 10.1 Å². The molecule has 5 rings (SSSR count). The monoisotopic (exact) mass is 526 g/mol. The van der Waals surface area contributed by atoms with Gasteiger partial charge in [0, 0.05) is 12.0 Å². The Bertz CT molecular complexity index is 1530. The molecule has 0 fully saturated rings. The van der Waals surface area contributed by atoms with Crippen molar-refractivity contribution in [2.75, 3.05) is 7.11 Å². The summed E-state index contributed by atoms with van der Waals surface area (Å²) < 4.78 is 9.52. The van der Waals surface area contributed by atoms with Crippen LogP contribution in [-0.2, 0) is 35.6 Å². The molecule has 13 heteroatoms. The molecule has 2 aromatic carbocycles. The lowest BCUT2D eigenvalue weighted by Gasteiger charge is -2.14. The first kappa shape index (κ1) is 25.4. The topological polar surface area (TPSA) is 148 Å². The largest absolute Gasteiger partial charge is 0.468 e. The molecule has 5 aromatic rings. The van der Waals surface area contributed by atoms with E-state index in [-0.39, 0.29) is 25.0 Å². The Morgan fingerprint density at radius 1 is 0.846 bits per heavy atom. The van der Waals surface area contributed by atoms with Gasteiger partial charge in [-0.25, -0.2) is 14.0 Å². The summed E-state index contributed by atoms with van der Waals surface area (Å²) in [4.78, 5) is 23.9. The lowest BCUT2D eigenvalue weighted by molar-refractivity contribution is -0.141. The highest BCUT2D eigenvalue weighted by atomic mass is 16.5. The van der Waals surface area contributed by atoms with Crippen molar-refractivity contribution in [3.63, 3.8) is 0 Å². The molecule has 1 amide bonds. The first-order valence-electron chi connectivity index (χ1n) is 12.2. The van der Waals surface area contributed by atoms with Crippen molar-refractivity contribution in [2.24, 2.45) is 0 Å². The van der Waals surface area contributed by atoms with Gasteiger partial charge in [0.05, 0.1) is 38.8 Å². The van der Waals surface area contributed by atoms with Gasteiger partial charge in [0.1, 0.15) is 29.7 Å². The molecule has 0 aliphatic heterocycles. The van der Waals surface area contributed by atoms with E-state index in [1.54, 1.807) is 33.9 Å². The molecule has 13 nitrogen and oxygen atoms in total. The van der Waals surface area contributed by atoms with Crippen LogP contribution in [0.1, 0.15) is 39.0 Å². The molecule has 39 heavy (non-hydrogen) atoms. The second kappa shape index (κ2) is 11.9. The van der Waals surface area contributed by atoms with Crippen LogP contribution in [0, 0.1) is 0 Å². The molecule has 1 N–H and O–H groups in total. The predicted molar refractivity (Wildman–Crippen MR) is 137 cm³/mol. The third-order valence-corrected chi connectivity index (χ3v) is 5.94. The average molecular weight is 527 g/mol. The summed E-state index contributed by atoms with van der Waals surface area (Å²) in [7, 11) is 1.33. The van der Waals surface area contributed by atoms with E-state index < -0.39 is 5.97 Å². The molecule has 0 spiro atoms. The maximum atomic E-state index is 12.3. The maximum Gasteiger partial charge on any atom is 0.327 e. The van der Waals surface area contributed by atoms with Crippen LogP contribution in [0.2, 0.25) is 0 Å². The minimum absolute atomic E-state index is 0.0371. The van der Waals surface area contributed by atoms with Gasteiger partial charge in [0.2, 0.25) is 0 Å². The molecular formula is C26H26N10O3. The molecule has 0 aliphatic rings. The molecule has 0 saturated carbocycles. The van der Waals surface area contributed by atoms with E-state index >= 15 is 0 Å². The first-order chi connectivity index (χ1) is 19.1. The average Bonchev–Trinajstić information content (AvgIpc) is 3.74. The number of nitrogens with zero attached hydrogens (tertiary/aromatic N) is 9. The maximum absolute atomic E-state index is 12.3. The highest BCUT2D eigenvalue weighted by Crippen LogP contribution is 2.21. The van der Waals surface area contributed by atoms with Crippen molar-refractivity contribution in [3.05, 3.63) is 107 Å². The fourth-order valence-corrected chi connectivity index (χ4v) is 3.97. The summed E-state index contributed by atoms with van der Waals surface area (Å²) in [6, 6.07) is 18.6. The molecule has 198 valence electrons. The Morgan fingerprint density at radius 2 is 1.56 bits per heavy atom. The first-order valence-corrected chi connectivity index (χ1v) is 12.2. The molecule has 0 radical (unpaired) electrons. The van der Waals surface area contributed by atoms with Gasteiger partial charge in [-0.05, 0) is 17.7 Å². The Morgan fingerprint density at radius 3 is 2.33 bits per heavy atom. The predicted octanol–water partition coefficient (Wildman–Crippen LogP) is 1.44. The van der Waals surface area contributed by atoms with Gasteiger partial charge in [0.25, 0.3) is 5.91 Å². The molecule has 0 saturated heterocycles. The van der Waals surface area contributed by atoms with Gasteiger partial charge in [-0.15, -0.1) is 15.3 Å². The summed E-state index contributed by atoms with van der Waals surface area (Å²) in [5, 5.41) is 28.2. The van der Waals surface area contributed by atoms with E-state index in [1.807, 2.05) is 54.7 Å². The number of methoxy groups -OCH3 is 1. The fourth-order valence-electron chi connectivity index (χ4n) is 3.97. The number of hydrogen-bond acceptors (Lipinski definition) is 9. The summed E-state index contributed by atoms with van der Waals surface area (Å²) in [6.07, 6.45) is 5.88. The van der Waals surface area contributed by atoms with Crippen molar-refractivity contribution in [1.82, 2.24) is 50.3 Å². The molecular weight excluding hydrogens is 500 g/mol. The van der Waals surface area contributed by atoms with E-state index in [0.717, 1.165) is 5.56 Å². The highest BCUT2D eigenvalue weighted by molar-refractivity contribution is 5.94. The third-order valence-electron chi connectivity index (χ3n) is 5.94. The molecule has 0 aliphatic carbocycles. The van der Waals surface area contributed by atoms with Crippen LogP contribution in [0.4, 0.5) is 0 Å². The molecule has 1 atom stereocenters. The van der Waals surface area contributed by atoms with Gasteiger partial charge in [-0.2, -0.15) is 0 Å². The standard InChI is InChI=1S/C26H26N10O3/c1-39-25(37)18-35-17-23(30-32-35)24(12-19-8-4-2-5-9-19)36-16-22(29-33-36)15-34-14-21(28-31-34)13-27-26(38)20-10-6-3-7-11-20/h2-11,14,16-17,24H,12-13,15,18H2,1H3,(H,27,38). The highest BCUT2D eigenvalue weighted by Gasteiger charge is 2.21. The van der Waals surface area contributed by atoms with Crippen LogP contribution in [0.15, 0.2) is 79.3 Å². The van der Waals surface area contributed by atoms with Crippen LogP contribution >= 0.6 is 0 Å². The van der Waals surface area contributed by atoms with Crippen molar-refractivity contribution >= 4 is 11.9 Å². The van der Waals surface area contributed by atoms with E-state index in [0.29, 0.717) is 35.6 Å². The van der Waals surface area contributed by atoms with Crippen LogP contribution in [0.3, 0.4) is 0 Å². The summed E-state index contributed by atoms with van der Waals surface area (Å²) in [5.41, 5.74) is 3.59. The number of benzene rings is 2. The summed E-state index contributed by atoms with van der Waals surface area (Å²) >= 11 is 0. The normalized spacial score (nSPS) is 11.7. The van der Waals surface area contributed by atoms with Crippen LogP contribution in [0.5, 0.6) is 0 Å². The van der Waals surface area contributed by atoms with Crippen LogP contribution in [-0.4, -0.2) is 64.0 Å². The zero-order valence-corrected chi connectivity index (χ0v) is 21.2. The lowest BCUT2D eigenvalue weighted by Crippen LogP contribution is -2.22. The molecule has 3 aromatic heterocycles. The van der Waals surface area contributed by atoms with Gasteiger partial charge in [0.15, 0.2) is 0 Å². The van der Waals surface area contributed by atoms with Crippen molar-refractivity contribution in [2.45, 2.75) is 32.1 Å². The lowest BCUT2D eigenvalue weighted by atomic mass is 10.0. The molecule has 1 unspecified atom stereocenters. The number of carbonyl (C=O) groups is 2. The second-order valence-corrected chi connectivity index (χ2v) is 8.77. The fraction of sp³-hybridized carbons (Fsp3) is 0.231. The number of hydrogen-bond donors (Lipinski definition) is 1. The number of rotatable bonds is 11. The zero-order chi connectivity index (χ0) is 27.0. The van der Waals surface area contributed by atoms with Crippen molar-refractivity contribution in [1.29, 1.82) is 0 Å². The van der Waals surface area contributed by atoms with E-state index in [9.17, 15) is 9.59 Å². The number of carbonyl (C=O) groups excluding carboxylic acids is 2. The van der Waals surface area contributed by atoms with Gasteiger partial charge >= 0.3 is 5.97 Å². The SMILES string of the molecule is COC(=O)Cn1cc(C(Cc2ccccc2)n2cc(Cn3cc(CNC(=O)c4ccccc4)nn3)nn2)nn1. The van der Waals surface area contributed by atoms with Gasteiger partial charge in [-0.3, -0.25) is 9.59 Å². The zero-order valence-electron chi connectivity index (χ0n) is 21.2. The molecule has 0 bridgehead atoms. The van der Waals surface area contributed by atoms with E-state index in [2.05, 4.69) is 36.3 Å². The Balaban J connectivity index is 1.27. The Hall–Kier alpha value is -5.20. The van der Waals surface area contributed by atoms with E-state index in [4.69, 9.17) is 4.74 Å². The summed E-state index contributed by atoms with van der Waals surface area (Å²) in [5.74, 6) is -0.595. The molecule has 3 heterocycles. The Kier molecular flexibility index (Phi) is 7.76. The number of amides is 1. The number of nitrogens with one attached hydrogen (secondary N) is 1.